The standard InChI is InChI=1S/C11H20N2O3/c1-7(3-6-10(14)15)12-8(2)11(16)13-9-4-5-9/h7-9,12H,3-6H2,1-2H3,(H,13,16)(H,14,15). The Morgan fingerprint density at radius 1 is 1.38 bits per heavy atom. The summed E-state index contributed by atoms with van der Waals surface area (Å²) in [4.78, 5) is 21.9. The number of carboxylic acids is 1. The lowest BCUT2D eigenvalue weighted by Gasteiger charge is -2.18. The molecule has 5 nitrogen and oxygen atoms in total. The Hall–Kier alpha value is -1.10. The zero-order chi connectivity index (χ0) is 12.1. The monoisotopic (exact) mass is 228 g/mol. The molecule has 1 aliphatic rings. The molecule has 0 aromatic heterocycles. The van der Waals surface area contributed by atoms with E-state index in [0.717, 1.165) is 12.8 Å². The molecule has 1 rings (SSSR count). The molecule has 0 saturated heterocycles. The Kier molecular flexibility index (Phi) is 4.73. The first-order valence-corrected chi connectivity index (χ1v) is 5.77. The molecule has 0 spiro atoms. The molecule has 0 aromatic carbocycles. The minimum absolute atomic E-state index is 0.00433. The number of carbonyl (C=O) groups is 2. The molecular weight excluding hydrogens is 208 g/mol. The molecule has 1 amide bonds. The molecule has 3 N–H and O–H groups in total. The lowest BCUT2D eigenvalue weighted by Crippen LogP contribution is -2.46. The largest absolute Gasteiger partial charge is 0.481 e. The second-order valence-electron chi connectivity index (χ2n) is 4.50. The molecule has 2 atom stereocenters. The highest BCUT2D eigenvalue weighted by atomic mass is 16.4. The van der Waals surface area contributed by atoms with Crippen molar-refractivity contribution in [3.63, 3.8) is 0 Å². The summed E-state index contributed by atoms with van der Waals surface area (Å²) in [6.45, 7) is 3.69. The van der Waals surface area contributed by atoms with Crippen LogP contribution in [0.15, 0.2) is 0 Å². The average molecular weight is 228 g/mol. The molecule has 92 valence electrons. The van der Waals surface area contributed by atoms with E-state index in [1.165, 1.54) is 0 Å². The molecular formula is C11H20N2O3. The minimum atomic E-state index is -0.802. The molecule has 0 heterocycles. The van der Waals surface area contributed by atoms with Gasteiger partial charge in [-0.25, -0.2) is 0 Å². The van der Waals surface area contributed by atoms with E-state index in [1.807, 2.05) is 6.92 Å². The van der Waals surface area contributed by atoms with Crippen molar-refractivity contribution in [2.75, 3.05) is 0 Å². The first-order valence-electron chi connectivity index (χ1n) is 5.77. The van der Waals surface area contributed by atoms with E-state index in [-0.39, 0.29) is 24.4 Å². The molecule has 2 unspecified atom stereocenters. The number of rotatable bonds is 7. The van der Waals surface area contributed by atoms with Crippen molar-refractivity contribution in [1.82, 2.24) is 10.6 Å². The Morgan fingerprint density at radius 2 is 2.00 bits per heavy atom. The molecule has 5 heteroatoms. The lowest BCUT2D eigenvalue weighted by atomic mass is 10.1. The van der Waals surface area contributed by atoms with E-state index in [0.29, 0.717) is 12.5 Å². The molecule has 0 aliphatic heterocycles. The highest BCUT2D eigenvalue weighted by Gasteiger charge is 2.25. The van der Waals surface area contributed by atoms with Gasteiger partial charge in [0.05, 0.1) is 6.04 Å². The summed E-state index contributed by atoms with van der Waals surface area (Å²) < 4.78 is 0. The van der Waals surface area contributed by atoms with Gasteiger partial charge in [-0.3, -0.25) is 9.59 Å². The fourth-order valence-electron chi connectivity index (χ4n) is 1.48. The molecule has 1 fully saturated rings. The van der Waals surface area contributed by atoms with Crippen LogP contribution in [0.4, 0.5) is 0 Å². The molecule has 1 saturated carbocycles. The smallest absolute Gasteiger partial charge is 0.303 e. The van der Waals surface area contributed by atoms with Crippen LogP contribution in [0.25, 0.3) is 0 Å². The average Bonchev–Trinajstić information content (AvgIpc) is 2.98. The van der Waals surface area contributed by atoms with Gasteiger partial charge in [-0.1, -0.05) is 0 Å². The zero-order valence-corrected chi connectivity index (χ0v) is 9.82. The summed E-state index contributed by atoms with van der Waals surface area (Å²) in [6.07, 6.45) is 2.82. The normalized spacial score (nSPS) is 18.9. The summed E-state index contributed by atoms with van der Waals surface area (Å²) in [6, 6.07) is 0.145. The Bertz CT molecular complexity index is 264. The van der Waals surface area contributed by atoms with Crippen LogP contribution in [0, 0.1) is 0 Å². The highest BCUT2D eigenvalue weighted by molar-refractivity contribution is 5.81. The second kappa shape index (κ2) is 5.84. The van der Waals surface area contributed by atoms with E-state index in [4.69, 9.17) is 5.11 Å². The molecule has 1 aliphatic carbocycles. The Morgan fingerprint density at radius 3 is 2.50 bits per heavy atom. The number of aliphatic carboxylic acids is 1. The van der Waals surface area contributed by atoms with E-state index in [2.05, 4.69) is 10.6 Å². The van der Waals surface area contributed by atoms with Gasteiger partial charge in [-0.05, 0) is 33.1 Å². The number of carbonyl (C=O) groups excluding carboxylic acids is 1. The van der Waals surface area contributed by atoms with Crippen molar-refractivity contribution in [2.24, 2.45) is 0 Å². The van der Waals surface area contributed by atoms with Gasteiger partial charge in [0.25, 0.3) is 0 Å². The summed E-state index contributed by atoms with van der Waals surface area (Å²) in [5, 5.41) is 14.5. The second-order valence-corrected chi connectivity index (χ2v) is 4.50. The predicted octanol–water partition coefficient (Wildman–Crippen LogP) is 0.496. The minimum Gasteiger partial charge on any atom is -0.481 e. The highest BCUT2D eigenvalue weighted by Crippen LogP contribution is 2.18. The fourth-order valence-corrected chi connectivity index (χ4v) is 1.48. The number of carboxylic acid groups (broad SMARTS) is 1. The summed E-state index contributed by atoms with van der Waals surface area (Å²) in [7, 11) is 0. The fraction of sp³-hybridized carbons (Fsp3) is 0.818. The van der Waals surface area contributed by atoms with Crippen molar-refractivity contribution in [3.05, 3.63) is 0 Å². The van der Waals surface area contributed by atoms with Crippen molar-refractivity contribution < 1.29 is 14.7 Å². The maximum Gasteiger partial charge on any atom is 0.303 e. The maximum atomic E-state index is 11.6. The third-order valence-corrected chi connectivity index (χ3v) is 2.64. The van der Waals surface area contributed by atoms with E-state index >= 15 is 0 Å². The third-order valence-electron chi connectivity index (χ3n) is 2.64. The van der Waals surface area contributed by atoms with Gasteiger partial charge in [0, 0.05) is 18.5 Å². The van der Waals surface area contributed by atoms with E-state index in [9.17, 15) is 9.59 Å². The first-order chi connectivity index (χ1) is 7.49. The summed E-state index contributed by atoms with van der Waals surface area (Å²) in [5.41, 5.74) is 0. The quantitative estimate of drug-likeness (QED) is 0.593. The Labute approximate surface area is 95.6 Å². The van der Waals surface area contributed by atoms with Gasteiger partial charge in [0.2, 0.25) is 5.91 Å². The van der Waals surface area contributed by atoms with Crippen LogP contribution in [0.3, 0.4) is 0 Å². The van der Waals surface area contributed by atoms with Crippen LogP contribution in [0.1, 0.15) is 39.5 Å². The van der Waals surface area contributed by atoms with Gasteiger partial charge in [0.15, 0.2) is 0 Å². The maximum absolute atomic E-state index is 11.6. The van der Waals surface area contributed by atoms with Crippen LogP contribution in [0.5, 0.6) is 0 Å². The molecule has 0 radical (unpaired) electrons. The van der Waals surface area contributed by atoms with E-state index < -0.39 is 5.97 Å². The molecule has 0 bridgehead atoms. The SMILES string of the molecule is CC(CCC(=O)O)NC(C)C(=O)NC1CC1. The van der Waals surface area contributed by atoms with Crippen LogP contribution in [-0.4, -0.2) is 35.1 Å². The van der Waals surface area contributed by atoms with Crippen LogP contribution in [0.2, 0.25) is 0 Å². The predicted molar refractivity (Wildman–Crippen MR) is 60.1 cm³/mol. The topological polar surface area (TPSA) is 78.4 Å². The molecule has 16 heavy (non-hydrogen) atoms. The van der Waals surface area contributed by atoms with Crippen molar-refractivity contribution in [2.45, 2.75) is 57.7 Å². The number of nitrogens with one attached hydrogen (secondary N) is 2. The summed E-state index contributed by atoms with van der Waals surface area (Å²) in [5.74, 6) is -0.798. The number of amides is 1. The number of hydrogen-bond donors (Lipinski definition) is 3. The van der Waals surface area contributed by atoms with Crippen LogP contribution in [-0.2, 0) is 9.59 Å². The number of hydrogen-bond acceptors (Lipinski definition) is 3. The van der Waals surface area contributed by atoms with Crippen LogP contribution >= 0.6 is 0 Å². The zero-order valence-electron chi connectivity index (χ0n) is 9.82. The Balaban J connectivity index is 2.17. The van der Waals surface area contributed by atoms with Gasteiger partial charge in [-0.2, -0.15) is 0 Å². The first kappa shape index (κ1) is 13.0. The van der Waals surface area contributed by atoms with Crippen LogP contribution < -0.4 is 10.6 Å². The lowest BCUT2D eigenvalue weighted by molar-refractivity contribution is -0.137. The van der Waals surface area contributed by atoms with Gasteiger partial charge in [-0.15, -0.1) is 0 Å². The summed E-state index contributed by atoms with van der Waals surface area (Å²) >= 11 is 0. The van der Waals surface area contributed by atoms with Crippen molar-refractivity contribution >= 4 is 11.9 Å². The van der Waals surface area contributed by atoms with Gasteiger partial charge >= 0.3 is 5.97 Å². The molecule has 0 aromatic rings. The van der Waals surface area contributed by atoms with Crippen molar-refractivity contribution in [3.8, 4) is 0 Å². The van der Waals surface area contributed by atoms with Crippen molar-refractivity contribution in [1.29, 1.82) is 0 Å². The van der Waals surface area contributed by atoms with Gasteiger partial charge < -0.3 is 15.7 Å². The third kappa shape index (κ3) is 5.11. The van der Waals surface area contributed by atoms with E-state index in [1.54, 1.807) is 6.92 Å². The van der Waals surface area contributed by atoms with Gasteiger partial charge in [0.1, 0.15) is 0 Å².